The lowest BCUT2D eigenvalue weighted by molar-refractivity contribution is 0.155. The number of hydrogen-bond acceptors (Lipinski definition) is 3. The molecule has 2 atom stereocenters. The highest BCUT2D eigenvalue weighted by Gasteiger charge is 2.24. The molecule has 0 aliphatic carbocycles. The first-order valence-corrected chi connectivity index (χ1v) is 7.83. The molecular weight excluding hydrogens is 248 g/mol. The third kappa shape index (κ3) is 4.89. The van der Waals surface area contributed by atoms with E-state index in [1.165, 1.54) is 31.4 Å². The first kappa shape index (κ1) is 15.5. The predicted molar refractivity (Wildman–Crippen MR) is 83.8 cm³/mol. The third-order valence-corrected chi connectivity index (χ3v) is 4.00. The number of nitrogens with one attached hydrogen (secondary N) is 1. The average molecular weight is 276 g/mol. The van der Waals surface area contributed by atoms with Crippen molar-refractivity contribution in [1.29, 1.82) is 0 Å². The maximum Gasteiger partial charge on any atom is 0.0615 e. The zero-order chi connectivity index (χ0) is 14.2. The van der Waals surface area contributed by atoms with Gasteiger partial charge in [0.2, 0.25) is 0 Å². The molecule has 1 aromatic carbocycles. The standard InChI is InChI=1S/C17H28N2O/c1-3-7-17(14-20-2)18-16-10-11-19(13-16)12-15-8-5-4-6-9-15/h4-6,8-9,16-18H,3,7,10-14H2,1-2H3. The van der Waals surface area contributed by atoms with Crippen LogP contribution < -0.4 is 5.32 Å². The van der Waals surface area contributed by atoms with Crippen LogP contribution in [-0.4, -0.2) is 43.8 Å². The van der Waals surface area contributed by atoms with Crippen LogP contribution >= 0.6 is 0 Å². The van der Waals surface area contributed by atoms with E-state index in [1.54, 1.807) is 7.11 Å². The Bertz CT molecular complexity index is 363. The summed E-state index contributed by atoms with van der Waals surface area (Å²) < 4.78 is 5.31. The number of likely N-dealkylation sites (tertiary alicyclic amines) is 1. The molecule has 0 saturated carbocycles. The zero-order valence-electron chi connectivity index (χ0n) is 12.8. The third-order valence-electron chi connectivity index (χ3n) is 4.00. The number of nitrogens with zero attached hydrogens (tertiary/aromatic N) is 1. The van der Waals surface area contributed by atoms with Crippen LogP contribution in [0, 0.1) is 0 Å². The monoisotopic (exact) mass is 276 g/mol. The summed E-state index contributed by atoms with van der Waals surface area (Å²) in [6.07, 6.45) is 3.65. The number of rotatable bonds is 8. The number of benzene rings is 1. The summed E-state index contributed by atoms with van der Waals surface area (Å²) in [5.74, 6) is 0. The maximum atomic E-state index is 5.31. The molecule has 112 valence electrons. The second-order valence-electron chi connectivity index (χ2n) is 5.81. The molecule has 0 aromatic heterocycles. The van der Waals surface area contributed by atoms with Gasteiger partial charge >= 0.3 is 0 Å². The number of methoxy groups -OCH3 is 1. The molecule has 1 heterocycles. The average Bonchev–Trinajstić information content (AvgIpc) is 2.88. The first-order chi connectivity index (χ1) is 9.81. The van der Waals surface area contributed by atoms with Gasteiger partial charge in [-0.2, -0.15) is 0 Å². The van der Waals surface area contributed by atoms with Crippen LogP contribution in [0.2, 0.25) is 0 Å². The fourth-order valence-corrected chi connectivity index (χ4v) is 3.05. The smallest absolute Gasteiger partial charge is 0.0615 e. The van der Waals surface area contributed by atoms with Gasteiger partial charge in [-0.05, 0) is 18.4 Å². The summed E-state index contributed by atoms with van der Waals surface area (Å²) in [7, 11) is 1.79. The van der Waals surface area contributed by atoms with Crippen LogP contribution in [-0.2, 0) is 11.3 Å². The van der Waals surface area contributed by atoms with Gasteiger partial charge in [0.15, 0.2) is 0 Å². The summed E-state index contributed by atoms with van der Waals surface area (Å²) in [4.78, 5) is 2.54. The SMILES string of the molecule is CCCC(COC)NC1CCN(Cc2ccccc2)C1. The Hall–Kier alpha value is -0.900. The molecule has 0 spiro atoms. The van der Waals surface area contributed by atoms with Crippen LogP contribution in [0.4, 0.5) is 0 Å². The van der Waals surface area contributed by atoms with E-state index in [1.807, 2.05) is 0 Å². The highest BCUT2D eigenvalue weighted by atomic mass is 16.5. The minimum Gasteiger partial charge on any atom is -0.383 e. The summed E-state index contributed by atoms with van der Waals surface area (Å²) in [5.41, 5.74) is 1.41. The second-order valence-corrected chi connectivity index (χ2v) is 5.81. The Balaban J connectivity index is 1.76. The summed E-state index contributed by atoms with van der Waals surface area (Å²) in [6.45, 7) is 6.47. The largest absolute Gasteiger partial charge is 0.383 e. The molecule has 1 aliphatic heterocycles. The van der Waals surface area contributed by atoms with Gasteiger partial charge in [-0.1, -0.05) is 43.7 Å². The second kappa shape index (κ2) is 8.40. The van der Waals surface area contributed by atoms with Crippen molar-refractivity contribution in [1.82, 2.24) is 10.2 Å². The van der Waals surface area contributed by atoms with Crippen LogP contribution in [0.15, 0.2) is 30.3 Å². The molecule has 1 N–H and O–H groups in total. The highest BCUT2D eigenvalue weighted by Crippen LogP contribution is 2.14. The van der Waals surface area contributed by atoms with Crippen LogP contribution in [0.1, 0.15) is 31.7 Å². The minimum atomic E-state index is 0.506. The molecule has 1 saturated heterocycles. The number of ether oxygens (including phenoxy) is 1. The Morgan fingerprint density at radius 2 is 2.15 bits per heavy atom. The quantitative estimate of drug-likeness (QED) is 0.790. The molecule has 20 heavy (non-hydrogen) atoms. The summed E-state index contributed by atoms with van der Waals surface area (Å²) >= 11 is 0. The Morgan fingerprint density at radius 1 is 1.35 bits per heavy atom. The fraction of sp³-hybridized carbons (Fsp3) is 0.647. The van der Waals surface area contributed by atoms with Crippen molar-refractivity contribution in [3.05, 3.63) is 35.9 Å². The van der Waals surface area contributed by atoms with Crippen LogP contribution in [0.3, 0.4) is 0 Å². The van der Waals surface area contributed by atoms with Crippen LogP contribution in [0.5, 0.6) is 0 Å². The minimum absolute atomic E-state index is 0.506. The van der Waals surface area contributed by atoms with Crippen LogP contribution in [0.25, 0.3) is 0 Å². The molecule has 0 amide bonds. The van der Waals surface area contributed by atoms with Gasteiger partial charge in [-0.25, -0.2) is 0 Å². The summed E-state index contributed by atoms with van der Waals surface area (Å²) in [5, 5.41) is 3.77. The highest BCUT2D eigenvalue weighted by molar-refractivity contribution is 5.14. The Kier molecular flexibility index (Phi) is 6.51. The lowest BCUT2D eigenvalue weighted by atomic mass is 10.1. The molecule has 1 aliphatic rings. The molecule has 2 rings (SSSR count). The van der Waals surface area contributed by atoms with Crippen molar-refractivity contribution in [2.75, 3.05) is 26.8 Å². The van der Waals surface area contributed by atoms with Gasteiger partial charge in [0.25, 0.3) is 0 Å². The van der Waals surface area contributed by atoms with Gasteiger partial charge in [0, 0.05) is 38.8 Å². The maximum absolute atomic E-state index is 5.31. The Morgan fingerprint density at radius 3 is 2.85 bits per heavy atom. The van der Waals surface area contributed by atoms with E-state index < -0.39 is 0 Å². The van der Waals surface area contributed by atoms with Gasteiger partial charge in [0.05, 0.1) is 6.61 Å². The number of hydrogen-bond donors (Lipinski definition) is 1. The van der Waals surface area contributed by atoms with Crippen molar-refractivity contribution in [2.24, 2.45) is 0 Å². The molecule has 1 fully saturated rings. The molecule has 1 aromatic rings. The predicted octanol–water partition coefficient (Wildman–Crippen LogP) is 2.67. The first-order valence-electron chi connectivity index (χ1n) is 7.83. The van der Waals surface area contributed by atoms with Crippen molar-refractivity contribution < 1.29 is 4.74 Å². The van der Waals surface area contributed by atoms with E-state index in [0.717, 1.165) is 19.7 Å². The van der Waals surface area contributed by atoms with E-state index in [-0.39, 0.29) is 0 Å². The molecule has 0 bridgehead atoms. The van der Waals surface area contributed by atoms with Gasteiger partial charge in [-0.15, -0.1) is 0 Å². The van der Waals surface area contributed by atoms with Gasteiger partial charge < -0.3 is 10.1 Å². The Labute approximate surface area is 123 Å². The van der Waals surface area contributed by atoms with Crippen molar-refractivity contribution in [2.45, 2.75) is 44.8 Å². The van der Waals surface area contributed by atoms with Gasteiger partial charge in [-0.3, -0.25) is 4.90 Å². The van der Waals surface area contributed by atoms with E-state index in [0.29, 0.717) is 12.1 Å². The molecular formula is C17H28N2O. The van der Waals surface area contributed by atoms with Gasteiger partial charge in [0.1, 0.15) is 0 Å². The normalized spacial score (nSPS) is 21.2. The topological polar surface area (TPSA) is 24.5 Å². The molecule has 2 unspecified atom stereocenters. The van der Waals surface area contributed by atoms with E-state index in [2.05, 4.69) is 47.5 Å². The van der Waals surface area contributed by atoms with Crippen molar-refractivity contribution in [3.8, 4) is 0 Å². The zero-order valence-corrected chi connectivity index (χ0v) is 12.8. The molecule has 3 heteroatoms. The lowest BCUT2D eigenvalue weighted by Crippen LogP contribution is -2.42. The molecule has 3 nitrogen and oxygen atoms in total. The van der Waals surface area contributed by atoms with E-state index >= 15 is 0 Å². The lowest BCUT2D eigenvalue weighted by Gasteiger charge is -2.22. The fourth-order valence-electron chi connectivity index (χ4n) is 3.05. The summed E-state index contributed by atoms with van der Waals surface area (Å²) in [6, 6.07) is 11.9. The van der Waals surface area contributed by atoms with Crippen molar-refractivity contribution in [3.63, 3.8) is 0 Å². The van der Waals surface area contributed by atoms with E-state index in [4.69, 9.17) is 4.74 Å². The molecule has 0 radical (unpaired) electrons. The van der Waals surface area contributed by atoms with E-state index in [9.17, 15) is 0 Å². The van der Waals surface area contributed by atoms with Crippen molar-refractivity contribution >= 4 is 0 Å².